The molecule has 0 amide bonds. The lowest BCUT2D eigenvalue weighted by Gasteiger charge is -2.10. The van der Waals surface area contributed by atoms with E-state index in [1.54, 1.807) is 6.92 Å². The summed E-state index contributed by atoms with van der Waals surface area (Å²) in [6, 6.07) is 0. The van der Waals surface area contributed by atoms with E-state index in [2.05, 4.69) is 20.6 Å². The number of nitrogens with one attached hydrogen (secondary N) is 2. The number of carbonyl (C=O) groups is 1. The average molecular weight is 366 g/mol. The Labute approximate surface area is 142 Å². The number of alkyl halides is 3. The van der Waals surface area contributed by atoms with Crippen molar-refractivity contribution in [2.75, 3.05) is 19.7 Å². The fraction of sp³-hybridized carbons (Fsp3) is 0.643. The van der Waals surface area contributed by atoms with Gasteiger partial charge in [0, 0.05) is 24.9 Å². The number of rotatable bonds is 8. The first kappa shape index (κ1) is 20.2. The summed E-state index contributed by atoms with van der Waals surface area (Å²) in [5.74, 6) is 0.203. The number of nitrogens with zero attached hydrogens (tertiary/aromatic N) is 2. The van der Waals surface area contributed by atoms with Gasteiger partial charge in [0.05, 0.1) is 13.2 Å². The van der Waals surface area contributed by atoms with Crippen LogP contribution in [0.2, 0.25) is 0 Å². The van der Waals surface area contributed by atoms with Gasteiger partial charge in [-0.05, 0) is 20.3 Å². The van der Waals surface area contributed by atoms with E-state index in [1.165, 1.54) is 0 Å². The lowest BCUT2D eigenvalue weighted by Crippen LogP contribution is -2.37. The molecule has 0 aliphatic rings. The molecule has 0 aliphatic heterocycles. The van der Waals surface area contributed by atoms with E-state index in [9.17, 15) is 18.0 Å². The van der Waals surface area contributed by atoms with Crippen molar-refractivity contribution in [2.24, 2.45) is 4.99 Å². The zero-order valence-electron chi connectivity index (χ0n) is 13.6. The topological polar surface area (TPSA) is 75.6 Å². The summed E-state index contributed by atoms with van der Waals surface area (Å²) < 4.78 is 42.3. The van der Waals surface area contributed by atoms with Crippen molar-refractivity contribution in [3.63, 3.8) is 0 Å². The summed E-state index contributed by atoms with van der Waals surface area (Å²) >= 11 is 0.919. The van der Waals surface area contributed by atoms with Gasteiger partial charge >= 0.3 is 12.1 Å². The van der Waals surface area contributed by atoms with Crippen LogP contribution in [0.15, 0.2) is 10.4 Å². The average Bonchev–Trinajstić information content (AvgIpc) is 2.98. The Morgan fingerprint density at radius 3 is 2.71 bits per heavy atom. The smallest absolute Gasteiger partial charge is 0.434 e. The minimum absolute atomic E-state index is 0.0496. The lowest BCUT2D eigenvalue weighted by molar-refractivity contribution is -0.143. The molecule has 24 heavy (non-hydrogen) atoms. The molecule has 10 heteroatoms. The number of thiazole rings is 1. The molecule has 0 unspecified atom stereocenters. The van der Waals surface area contributed by atoms with Crippen LogP contribution in [-0.4, -0.2) is 36.6 Å². The van der Waals surface area contributed by atoms with Crippen molar-refractivity contribution in [1.29, 1.82) is 0 Å². The Bertz CT molecular complexity index is 546. The van der Waals surface area contributed by atoms with Gasteiger partial charge in [0.15, 0.2) is 11.7 Å². The number of aliphatic imine (C=N–C) groups is 1. The summed E-state index contributed by atoms with van der Waals surface area (Å²) in [6.07, 6.45) is -3.57. The van der Waals surface area contributed by atoms with Gasteiger partial charge in [-0.15, -0.1) is 11.3 Å². The van der Waals surface area contributed by atoms with Crippen molar-refractivity contribution >= 4 is 23.3 Å². The van der Waals surface area contributed by atoms with Gasteiger partial charge in [-0.3, -0.25) is 4.79 Å². The second kappa shape index (κ2) is 10.1. The van der Waals surface area contributed by atoms with Gasteiger partial charge in [0.1, 0.15) is 5.01 Å². The SMILES string of the molecule is CCNC(=NCc1nc(C(F)(F)F)cs1)NCCCC(=O)OCC. The molecule has 1 heterocycles. The van der Waals surface area contributed by atoms with Gasteiger partial charge < -0.3 is 15.4 Å². The molecule has 0 fully saturated rings. The second-order valence-corrected chi connectivity index (χ2v) is 5.60. The van der Waals surface area contributed by atoms with Crippen molar-refractivity contribution in [3.05, 3.63) is 16.1 Å². The molecular weight excluding hydrogens is 345 g/mol. The predicted molar refractivity (Wildman–Crippen MR) is 85.8 cm³/mol. The third-order valence-electron chi connectivity index (χ3n) is 2.71. The quantitative estimate of drug-likeness (QED) is 0.320. The van der Waals surface area contributed by atoms with Crippen LogP contribution < -0.4 is 10.6 Å². The van der Waals surface area contributed by atoms with Crippen LogP contribution in [0.1, 0.15) is 37.4 Å². The molecule has 0 aliphatic carbocycles. The predicted octanol–water partition coefficient (Wildman–Crippen LogP) is 2.56. The number of hydrogen-bond acceptors (Lipinski definition) is 5. The van der Waals surface area contributed by atoms with E-state index >= 15 is 0 Å². The Hall–Kier alpha value is -1.84. The molecule has 0 spiro atoms. The van der Waals surface area contributed by atoms with E-state index in [0.717, 1.165) is 16.7 Å². The highest BCUT2D eigenvalue weighted by Gasteiger charge is 2.33. The second-order valence-electron chi connectivity index (χ2n) is 4.65. The van der Waals surface area contributed by atoms with Crippen molar-refractivity contribution in [3.8, 4) is 0 Å². The summed E-state index contributed by atoms with van der Waals surface area (Å²) in [5.41, 5.74) is -0.898. The van der Waals surface area contributed by atoms with Crippen LogP contribution in [0.3, 0.4) is 0 Å². The van der Waals surface area contributed by atoms with Gasteiger partial charge in [-0.1, -0.05) is 0 Å². The van der Waals surface area contributed by atoms with Crippen molar-refractivity contribution < 1.29 is 22.7 Å². The number of hydrogen-bond donors (Lipinski definition) is 2. The molecule has 6 nitrogen and oxygen atoms in total. The number of esters is 1. The first-order chi connectivity index (χ1) is 11.4. The van der Waals surface area contributed by atoms with Crippen molar-refractivity contribution in [1.82, 2.24) is 15.6 Å². The Morgan fingerprint density at radius 1 is 1.38 bits per heavy atom. The molecule has 2 N–H and O–H groups in total. The maximum atomic E-state index is 12.5. The number of aromatic nitrogens is 1. The largest absolute Gasteiger partial charge is 0.466 e. The number of guanidine groups is 1. The molecule has 0 bridgehead atoms. The van der Waals surface area contributed by atoms with Crippen molar-refractivity contribution in [2.45, 2.75) is 39.4 Å². The highest BCUT2D eigenvalue weighted by Crippen LogP contribution is 2.30. The zero-order chi connectivity index (χ0) is 18.0. The number of ether oxygens (including phenoxy) is 1. The normalized spacial score (nSPS) is 12.1. The maximum Gasteiger partial charge on any atom is 0.434 e. The molecule has 0 radical (unpaired) electrons. The molecule has 1 aromatic heterocycles. The minimum Gasteiger partial charge on any atom is -0.466 e. The maximum absolute atomic E-state index is 12.5. The Morgan fingerprint density at radius 2 is 2.12 bits per heavy atom. The summed E-state index contributed by atoms with van der Waals surface area (Å²) in [6.45, 7) is 5.12. The molecule has 0 atom stereocenters. The van der Waals surface area contributed by atoms with Gasteiger partial charge in [0.2, 0.25) is 0 Å². The summed E-state index contributed by atoms with van der Waals surface area (Å²) in [7, 11) is 0. The van der Waals surface area contributed by atoms with Crippen LogP contribution in [0.5, 0.6) is 0 Å². The highest BCUT2D eigenvalue weighted by molar-refractivity contribution is 7.09. The monoisotopic (exact) mass is 366 g/mol. The van der Waals surface area contributed by atoms with Crippen LogP contribution >= 0.6 is 11.3 Å². The fourth-order valence-corrected chi connectivity index (χ4v) is 2.40. The minimum atomic E-state index is -4.44. The molecule has 0 saturated heterocycles. The molecule has 1 aromatic rings. The first-order valence-corrected chi connectivity index (χ1v) is 8.44. The summed E-state index contributed by atoms with van der Waals surface area (Å²) in [4.78, 5) is 18.9. The van der Waals surface area contributed by atoms with Crippen LogP contribution in [0, 0.1) is 0 Å². The number of carbonyl (C=O) groups excluding carboxylic acids is 1. The van der Waals surface area contributed by atoms with Crippen LogP contribution in [0.4, 0.5) is 13.2 Å². The van der Waals surface area contributed by atoms with E-state index in [4.69, 9.17) is 4.74 Å². The van der Waals surface area contributed by atoms with Gasteiger partial charge in [-0.25, -0.2) is 9.98 Å². The standard InChI is InChI=1S/C14H21F3N4O2S/c1-3-18-13(19-7-5-6-12(22)23-4-2)20-8-11-21-10(9-24-11)14(15,16)17/h9H,3-8H2,1-2H3,(H2,18,19,20). The van der Waals surface area contributed by atoms with E-state index in [-0.39, 0.29) is 17.5 Å². The third-order valence-corrected chi connectivity index (χ3v) is 3.55. The molecule has 0 aromatic carbocycles. The molecule has 136 valence electrons. The van der Waals surface area contributed by atoms with E-state index < -0.39 is 11.9 Å². The number of halogens is 3. The van der Waals surface area contributed by atoms with Gasteiger partial charge in [-0.2, -0.15) is 13.2 Å². The zero-order valence-corrected chi connectivity index (χ0v) is 14.4. The Kier molecular flexibility index (Phi) is 8.51. The molecular formula is C14H21F3N4O2S. The Balaban J connectivity index is 2.47. The van der Waals surface area contributed by atoms with Crippen LogP contribution in [-0.2, 0) is 22.3 Å². The molecule has 1 rings (SSSR count). The van der Waals surface area contributed by atoms with Crippen LogP contribution in [0.25, 0.3) is 0 Å². The third kappa shape index (κ3) is 7.62. The fourth-order valence-electron chi connectivity index (χ4n) is 1.67. The van der Waals surface area contributed by atoms with E-state index in [0.29, 0.717) is 38.5 Å². The highest BCUT2D eigenvalue weighted by atomic mass is 32.1. The lowest BCUT2D eigenvalue weighted by atomic mass is 10.3. The van der Waals surface area contributed by atoms with Gasteiger partial charge in [0.25, 0.3) is 0 Å². The van der Waals surface area contributed by atoms with E-state index in [1.807, 2.05) is 6.92 Å². The summed E-state index contributed by atoms with van der Waals surface area (Å²) in [5, 5.41) is 7.25. The molecule has 0 saturated carbocycles. The first-order valence-electron chi connectivity index (χ1n) is 7.56.